The zero-order chi connectivity index (χ0) is 13.2. The van der Waals surface area contributed by atoms with Crippen molar-refractivity contribution in [3.8, 4) is 0 Å². The van der Waals surface area contributed by atoms with Gasteiger partial charge in [-0.25, -0.2) is 4.99 Å². The third-order valence-electron chi connectivity index (χ3n) is 3.23. The van der Waals surface area contributed by atoms with E-state index < -0.39 is 0 Å². The van der Waals surface area contributed by atoms with E-state index in [-0.39, 0.29) is 5.41 Å². The lowest BCUT2D eigenvalue weighted by Gasteiger charge is -2.16. The summed E-state index contributed by atoms with van der Waals surface area (Å²) in [6.45, 7) is 7.16. The van der Waals surface area contributed by atoms with Crippen LogP contribution in [0.4, 0.5) is 0 Å². The highest BCUT2D eigenvalue weighted by Crippen LogP contribution is 2.29. The molecule has 0 aromatic carbocycles. The average Bonchev–Trinajstić information content (AvgIpc) is 2.54. The number of aliphatic imine (C=N–C) groups is 1. The Morgan fingerprint density at radius 3 is 2.89 bits per heavy atom. The molecule has 0 fully saturated rings. The topological polar surface area (TPSA) is 47.6 Å². The molecule has 0 bridgehead atoms. The zero-order valence-electron chi connectivity index (χ0n) is 11.2. The van der Waals surface area contributed by atoms with Crippen LogP contribution in [0.1, 0.15) is 27.2 Å². The zero-order valence-corrected chi connectivity index (χ0v) is 11.2. The Bertz CT molecular complexity index is 491. The number of nitrogens with two attached hydrogens (primary N) is 1. The molecule has 0 spiro atoms. The fraction of sp³-hybridized carbons (Fsp3) is 0.400. The summed E-state index contributed by atoms with van der Waals surface area (Å²) in [5, 5.41) is 0. The van der Waals surface area contributed by atoms with Crippen molar-refractivity contribution >= 4 is 5.90 Å². The lowest BCUT2D eigenvalue weighted by Crippen LogP contribution is -2.12. The van der Waals surface area contributed by atoms with Crippen LogP contribution in [0.25, 0.3) is 0 Å². The van der Waals surface area contributed by atoms with Gasteiger partial charge in [0.15, 0.2) is 0 Å². The molecule has 2 rings (SSSR count). The van der Waals surface area contributed by atoms with Gasteiger partial charge in [-0.2, -0.15) is 5.90 Å². The Kier molecular flexibility index (Phi) is 3.53. The molecule has 3 nitrogen and oxygen atoms in total. The maximum atomic E-state index is 5.26. The molecule has 1 aliphatic carbocycles. The van der Waals surface area contributed by atoms with E-state index in [1.165, 1.54) is 11.1 Å². The fourth-order valence-corrected chi connectivity index (χ4v) is 2.27. The lowest BCUT2D eigenvalue weighted by atomic mass is 9.89. The van der Waals surface area contributed by atoms with Gasteiger partial charge in [0.05, 0.1) is 6.54 Å². The van der Waals surface area contributed by atoms with E-state index in [4.69, 9.17) is 10.7 Å². The highest BCUT2D eigenvalue weighted by atomic mass is 16.6. The Balaban J connectivity index is 2.22. The van der Waals surface area contributed by atoms with Crippen molar-refractivity contribution in [3.05, 3.63) is 47.1 Å². The average molecular weight is 244 g/mol. The van der Waals surface area contributed by atoms with E-state index in [1.807, 2.05) is 0 Å². The molecule has 0 atom stereocenters. The SMILES string of the molecule is CC1=C(CC2=CC(C)(C)C=CC=C2)C(ON)=NC1. The predicted molar refractivity (Wildman–Crippen MR) is 75.0 cm³/mol. The molecule has 0 unspecified atom stereocenters. The molecule has 96 valence electrons. The molecule has 2 aliphatic rings. The molecular formula is C15H20N2O. The summed E-state index contributed by atoms with van der Waals surface area (Å²) in [7, 11) is 0. The largest absolute Gasteiger partial charge is 0.391 e. The second-order valence-corrected chi connectivity index (χ2v) is 5.43. The van der Waals surface area contributed by atoms with Gasteiger partial charge in [0.1, 0.15) is 0 Å². The molecule has 0 amide bonds. The third-order valence-corrected chi connectivity index (χ3v) is 3.23. The van der Waals surface area contributed by atoms with Gasteiger partial charge in [-0.1, -0.05) is 44.2 Å². The van der Waals surface area contributed by atoms with Gasteiger partial charge in [-0.15, -0.1) is 0 Å². The Morgan fingerprint density at radius 1 is 1.39 bits per heavy atom. The number of rotatable bonds is 2. The molecular weight excluding hydrogens is 224 g/mol. The molecule has 2 N–H and O–H groups in total. The van der Waals surface area contributed by atoms with Crippen LogP contribution < -0.4 is 5.90 Å². The smallest absolute Gasteiger partial charge is 0.236 e. The molecule has 0 aromatic rings. The monoisotopic (exact) mass is 244 g/mol. The normalized spacial score (nSPS) is 21.8. The molecule has 0 aromatic heterocycles. The van der Waals surface area contributed by atoms with E-state index >= 15 is 0 Å². The molecule has 18 heavy (non-hydrogen) atoms. The number of hydrogen-bond donors (Lipinski definition) is 1. The molecule has 1 aliphatic heterocycles. The van der Waals surface area contributed by atoms with Gasteiger partial charge in [0.25, 0.3) is 0 Å². The van der Waals surface area contributed by atoms with E-state index in [1.54, 1.807) is 0 Å². The first-order chi connectivity index (χ1) is 8.52. The van der Waals surface area contributed by atoms with Crippen LogP contribution in [0.2, 0.25) is 0 Å². The van der Waals surface area contributed by atoms with Crippen LogP contribution in [-0.4, -0.2) is 12.4 Å². The first-order valence-corrected chi connectivity index (χ1v) is 6.20. The first kappa shape index (κ1) is 12.8. The van der Waals surface area contributed by atoms with Crippen LogP contribution >= 0.6 is 0 Å². The highest BCUT2D eigenvalue weighted by molar-refractivity contribution is 5.96. The van der Waals surface area contributed by atoms with Gasteiger partial charge in [-0.05, 0) is 18.1 Å². The van der Waals surface area contributed by atoms with Gasteiger partial charge < -0.3 is 4.84 Å². The van der Waals surface area contributed by atoms with Gasteiger partial charge >= 0.3 is 0 Å². The van der Waals surface area contributed by atoms with Crippen molar-refractivity contribution in [1.29, 1.82) is 0 Å². The third kappa shape index (κ3) is 2.79. The van der Waals surface area contributed by atoms with E-state index in [9.17, 15) is 0 Å². The van der Waals surface area contributed by atoms with Gasteiger partial charge in [0.2, 0.25) is 5.90 Å². The van der Waals surface area contributed by atoms with Gasteiger partial charge in [-0.3, -0.25) is 0 Å². The standard InChI is InChI=1S/C15H20N2O/c1-11-10-17-14(18-16)13(11)8-12-6-4-5-7-15(2,3)9-12/h4-7,9H,8,10,16H2,1-3H3. The van der Waals surface area contributed by atoms with Gasteiger partial charge in [0, 0.05) is 17.4 Å². The minimum absolute atomic E-state index is 0.0762. The van der Waals surface area contributed by atoms with Crippen LogP contribution in [0.15, 0.2) is 52.1 Å². The molecule has 0 saturated carbocycles. The lowest BCUT2D eigenvalue weighted by molar-refractivity contribution is 0.321. The Hall–Kier alpha value is -1.61. The van der Waals surface area contributed by atoms with Crippen molar-refractivity contribution in [2.24, 2.45) is 16.3 Å². The summed E-state index contributed by atoms with van der Waals surface area (Å²) in [5.74, 6) is 5.84. The summed E-state index contributed by atoms with van der Waals surface area (Å²) in [5.41, 5.74) is 3.70. The Morgan fingerprint density at radius 2 is 2.17 bits per heavy atom. The quantitative estimate of drug-likeness (QED) is 0.759. The fourth-order valence-electron chi connectivity index (χ4n) is 2.27. The predicted octanol–water partition coefficient (Wildman–Crippen LogP) is 3.07. The van der Waals surface area contributed by atoms with Crippen molar-refractivity contribution in [1.82, 2.24) is 0 Å². The summed E-state index contributed by atoms with van der Waals surface area (Å²) in [6, 6.07) is 0. The molecule has 0 radical (unpaired) electrons. The highest BCUT2D eigenvalue weighted by Gasteiger charge is 2.20. The summed E-state index contributed by atoms with van der Waals surface area (Å²) in [4.78, 5) is 9.11. The maximum absolute atomic E-state index is 5.26. The summed E-state index contributed by atoms with van der Waals surface area (Å²) >= 11 is 0. The molecule has 1 heterocycles. The Labute approximate surface area is 108 Å². The van der Waals surface area contributed by atoms with E-state index in [2.05, 4.69) is 56.1 Å². The minimum Gasteiger partial charge on any atom is -0.391 e. The first-order valence-electron chi connectivity index (χ1n) is 6.20. The summed E-state index contributed by atoms with van der Waals surface area (Å²) < 4.78 is 0. The molecule has 3 heteroatoms. The van der Waals surface area contributed by atoms with Crippen molar-refractivity contribution in [2.45, 2.75) is 27.2 Å². The number of nitrogens with zero attached hydrogens (tertiary/aromatic N) is 1. The van der Waals surface area contributed by atoms with Crippen LogP contribution in [0.5, 0.6) is 0 Å². The minimum atomic E-state index is 0.0762. The van der Waals surface area contributed by atoms with Crippen molar-refractivity contribution in [2.75, 3.05) is 6.54 Å². The second kappa shape index (κ2) is 4.94. The number of hydrogen-bond acceptors (Lipinski definition) is 3. The van der Waals surface area contributed by atoms with E-state index in [0.29, 0.717) is 12.4 Å². The second-order valence-electron chi connectivity index (χ2n) is 5.43. The summed E-state index contributed by atoms with van der Waals surface area (Å²) in [6.07, 6.45) is 11.6. The van der Waals surface area contributed by atoms with Crippen molar-refractivity contribution < 1.29 is 4.84 Å². The van der Waals surface area contributed by atoms with E-state index in [0.717, 1.165) is 12.0 Å². The van der Waals surface area contributed by atoms with Crippen LogP contribution in [0.3, 0.4) is 0 Å². The van der Waals surface area contributed by atoms with Crippen LogP contribution in [-0.2, 0) is 4.84 Å². The number of allylic oxidation sites excluding steroid dienone is 6. The maximum Gasteiger partial charge on any atom is 0.236 e. The van der Waals surface area contributed by atoms with Crippen molar-refractivity contribution in [3.63, 3.8) is 0 Å². The molecule has 0 saturated heterocycles. The van der Waals surface area contributed by atoms with Crippen LogP contribution in [0, 0.1) is 5.41 Å².